The molecule has 25 heavy (non-hydrogen) atoms. The highest BCUT2D eigenvalue weighted by molar-refractivity contribution is 7.89. The molecule has 7 heteroatoms. The Labute approximate surface area is 150 Å². The van der Waals surface area contributed by atoms with Gasteiger partial charge in [0.2, 0.25) is 10.0 Å². The summed E-state index contributed by atoms with van der Waals surface area (Å²) in [6.45, 7) is 1.84. The fourth-order valence-electron chi connectivity index (χ4n) is 2.40. The molecule has 0 radical (unpaired) electrons. The number of carbonyl (C=O) groups is 1. The SMILES string of the molecule is CC(=O)c1ccc(S(=O)(=O)N(Cc2ccsc2)Cc2ccco2)cc1. The molecular formula is C18H17NO4S2. The van der Waals surface area contributed by atoms with Crippen LogP contribution in [0.25, 0.3) is 0 Å². The molecule has 0 atom stereocenters. The van der Waals surface area contributed by atoms with Gasteiger partial charge in [-0.3, -0.25) is 4.79 Å². The zero-order valence-electron chi connectivity index (χ0n) is 13.6. The van der Waals surface area contributed by atoms with Crippen LogP contribution in [0.15, 0.2) is 68.8 Å². The first-order chi connectivity index (χ1) is 12.0. The molecule has 0 aliphatic heterocycles. The summed E-state index contributed by atoms with van der Waals surface area (Å²) in [5.74, 6) is 0.467. The van der Waals surface area contributed by atoms with Gasteiger partial charge in [-0.2, -0.15) is 15.6 Å². The number of rotatable bonds is 7. The van der Waals surface area contributed by atoms with Gasteiger partial charge in [0.05, 0.1) is 17.7 Å². The van der Waals surface area contributed by atoms with Crippen LogP contribution < -0.4 is 0 Å². The summed E-state index contributed by atoms with van der Waals surface area (Å²) in [6.07, 6.45) is 1.52. The summed E-state index contributed by atoms with van der Waals surface area (Å²) in [5.41, 5.74) is 1.40. The zero-order valence-corrected chi connectivity index (χ0v) is 15.2. The first-order valence-corrected chi connectivity index (χ1v) is 10.00. The van der Waals surface area contributed by atoms with E-state index in [1.807, 2.05) is 16.8 Å². The lowest BCUT2D eigenvalue weighted by molar-refractivity contribution is 0.101. The standard InChI is InChI=1S/C18H17NO4S2/c1-14(20)16-4-6-18(7-5-16)25(21,22)19(11-15-8-10-24-13-15)12-17-3-2-9-23-17/h2-10,13H,11-12H2,1H3. The molecule has 0 unspecified atom stereocenters. The number of thiophene rings is 1. The monoisotopic (exact) mass is 375 g/mol. The van der Waals surface area contributed by atoms with E-state index in [0.717, 1.165) is 5.56 Å². The number of nitrogens with zero attached hydrogens (tertiary/aromatic N) is 1. The van der Waals surface area contributed by atoms with Crippen LogP contribution >= 0.6 is 11.3 Å². The number of hydrogen-bond acceptors (Lipinski definition) is 5. The Bertz CT molecular complexity index is 891. The van der Waals surface area contributed by atoms with Crippen LogP contribution in [0.3, 0.4) is 0 Å². The Hall–Kier alpha value is -2.22. The third-order valence-corrected chi connectivity index (χ3v) is 6.29. The molecule has 0 spiro atoms. The van der Waals surface area contributed by atoms with E-state index in [1.165, 1.54) is 53.1 Å². The minimum absolute atomic E-state index is 0.102. The lowest BCUT2D eigenvalue weighted by atomic mass is 10.2. The maximum atomic E-state index is 13.1. The van der Waals surface area contributed by atoms with Gasteiger partial charge in [0.1, 0.15) is 5.76 Å². The van der Waals surface area contributed by atoms with Crippen molar-refractivity contribution < 1.29 is 17.6 Å². The summed E-state index contributed by atoms with van der Waals surface area (Å²) < 4.78 is 32.8. The molecule has 5 nitrogen and oxygen atoms in total. The molecule has 130 valence electrons. The molecule has 2 aromatic heterocycles. The number of Topliss-reactive ketones (excluding diaryl/α,β-unsaturated/α-hetero) is 1. The summed E-state index contributed by atoms with van der Waals surface area (Å²) in [6, 6.07) is 11.4. The summed E-state index contributed by atoms with van der Waals surface area (Å²) in [5, 5.41) is 3.83. The van der Waals surface area contributed by atoms with E-state index in [2.05, 4.69) is 0 Å². The maximum absolute atomic E-state index is 13.1. The Kier molecular flexibility index (Phi) is 5.17. The van der Waals surface area contributed by atoms with Gasteiger partial charge in [0, 0.05) is 12.1 Å². The van der Waals surface area contributed by atoms with Crippen molar-refractivity contribution in [1.82, 2.24) is 4.31 Å². The number of sulfonamides is 1. The third kappa shape index (κ3) is 4.07. The quantitative estimate of drug-likeness (QED) is 0.587. The summed E-state index contributed by atoms with van der Waals surface area (Å²) in [7, 11) is -3.73. The Morgan fingerprint density at radius 2 is 1.88 bits per heavy atom. The molecule has 0 saturated carbocycles. The highest BCUT2D eigenvalue weighted by Crippen LogP contribution is 2.22. The van der Waals surface area contributed by atoms with Gasteiger partial charge < -0.3 is 4.42 Å². The van der Waals surface area contributed by atoms with Gasteiger partial charge >= 0.3 is 0 Å². The highest BCUT2D eigenvalue weighted by Gasteiger charge is 2.26. The Balaban J connectivity index is 1.93. The summed E-state index contributed by atoms with van der Waals surface area (Å²) in [4.78, 5) is 11.5. The minimum atomic E-state index is -3.73. The molecule has 3 aromatic rings. The zero-order chi connectivity index (χ0) is 17.9. The molecule has 1 aromatic carbocycles. The summed E-state index contributed by atoms with van der Waals surface area (Å²) >= 11 is 1.52. The van der Waals surface area contributed by atoms with Crippen molar-refractivity contribution >= 4 is 27.1 Å². The van der Waals surface area contributed by atoms with E-state index in [9.17, 15) is 13.2 Å². The first-order valence-electron chi connectivity index (χ1n) is 7.61. The molecule has 0 aliphatic rings. The molecule has 0 fully saturated rings. The van der Waals surface area contributed by atoms with Crippen LogP contribution in [0.1, 0.15) is 28.6 Å². The lowest BCUT2D eigenvalue weighted by Crippen LogP contribution is -2.30. The first kappa shape index (κ1) is 17.6. The van der Waals surface area contributed by atoms with E-state index < -0.39 is 10.0 Å². The molecule has 0 saturated heterocycles. The Morgan fingerprint density at radius 3 is 2.44 bits per heavy atom. The molecule has 0 aliphatic carbocycles. The van der Waals surface area contributed by atoms with Crippen molar-refractivity contribution in [2.45, 2.75) is 24.9 Å². The van der Waals surface area contributed by atoms with Crippen molar-refractivity contribution in [3.05, 3.63) is 76.4 Å². The molecule has 3 rings (SSSR count). The molecular weight excluding hydrogens is 358 g/mol. The van der Waals surface area contributed by atoms with Crippen LogP contribution in [0.4, 0.5) is 0 Å². The van der Waals surface area contributed by atoms with Gasteiger partial charge in [-0.25, -0.2) is 8.42 Å². The topological polar surface area (TPSA) is 67.6 Å². The Morgan fingerprint density at radius 1 is 1.12 bits per heavy atom. The second kappa shape index (κ2) is 7.35. The van der Waals surface area contributed by atoms with Crippen LogP contribution in [0.5, 0.6) is 0 Å². The number of benzene rings is 1. The molecule has 2 heterocycles. The fourth-order valence-corrected chi connectivity index (χ4v) is 4.45. The lowest BCUT2D eigenvalue weighted by Gasteiger charge is -2.21. The van der Waals surface area contributed by atoms with Crippen LogP contribution in [-0.2, 0) is 23.1 Å². The highest BCUT2D eigenvalue weighted by atomic mass is 32.2. The van der Waals surface area contributed by atoms with Crippen LogP contribution in [-0.4, -0.2) is 18.5 Å². The minimum Gasteiger partial charge on any atom is -0.468 e. The van der Waals surface area contributed by atoms with Crippen molar-refractivity contribution in [2.24, 2.45) is 0 Å². The largest absolute Gasteiger partial charge is 0.468 e. The predicted octanol–water partition coefficient (Wildman–Crippen LogP) is 3.93. The van der Waals surface area contributed by atoms with E-state index >= 15 is 0 Å². The molecule has 0 amide bonds. The van der Waals surface area contributed by atoms with Gasteiger partial charge in [0.15, 0.2) is 5.78 Å². The predicted molar refractivity (Wildman–Crippen MR) is 95.9 cm³/mol. The van der Waals surface area contributed by atoms with Crippen molar-refractivity contribution in [2.75, 3.05) is 0 Å². The van der Waals surface area contributed by atoms with Gasteiger partial charge in [-0.1, -0.05) is 12.1 Å². The number of hydrogen-bond donors (Lipinski definition) is 0. The van der Waals surface area contributed by atoms with Crippen LogP contribution in [0, 0.1) is 0 Å². The van der Waals surface area contributed by atoms with E-state index in [-0.39, 0.29) is 23.8 Å². The van der Waals surface area contributed by atoms with Gasteiger partial charge in [-0.05, 0) is 53.6 Å². The average Bonchev–Trinajstić information content (AvgIpc) is 3.28. The fraction of sp³-hybridized carbons (Fsp3) is 0.167. The van der Waals surface area contributed by atoms with Crippen molar-refractivity contribution in [3.8, 4) is 0 Å². The average molecular weight is 375 g/mol. The van der Waals surface area contributed by atoms with E-state index in [1.54, 1.807) is 12.1 Å². The van der Waals surface area contributed by atoms with E-state index in [0.29, 0.717) is 11.3 Å². The van der Waals surface area contributed by atoms with Crippen molar-refractivity contribution in [3.63, 3.8) is 0 Å². The van der Waals surface area contributed by atoms with Crippen LogP contribution in [0.2, 0.25) is 0 Å². The normalized spacial score (nSPS) is 11.8. The second-order valence-electron chi connectivity index (χ2n) is 5.56. The van der Waals surface area contributed by atoms with Gasteiger partial charge in [-0.15, -0.1) is 0 Å². The van der Waals surface area contributed by atoms with E-state index in [4.69, 9.17) is 4.42 Å². The third-order valence-electron chi connectivity index (χ3n) is 3.75. The number of furan rings is 1. The molecule has 0 bridgehead atoms. The van der Waals surface area contributed by atoms with Gasteiger partial charge in [0.25, 0.3) is 0 Å². The smallest absolute Gasteiger partial charge is 0.243 e. The van der Waals surface area contributed by atoms with Crippen molar-refractivity contribution in [1.29, 1.82) is 0 Å². The maximum Gasteiger partial charge on any atom is 0.243 e. The number of ketones is 1. The molecule has 0 N–H and O–H groups in total. The second-order valence-corrected chi connectivity index (χ2v) is 8.28. The number of carbonyl (C=O) groups excluding carboxylic acids is 1.